The van der Waals surface area contributed by atoms with Crippen LogP contribution in [0.3, 0.4) is 0 Å². The monoisotopic (exact) mass is 393 g/mol. The van der Waals surface area contributed by atoms with Crippen LogP contribution in [-0.2, 0) is 0 Å². The van der Waals surface area contributed by atoms with Crippen LogP contribution in [0.1, 0.15) is 24.5 Å². The fraction of sp³-hybridized carbons (Fsp3) is 0.150. The normalized spacial score (nSPS) is 13.8. The van der Waals surface area contributed by atoms with Crippen LogP contribution in [0, 0.1) is 0 Å². The number of halogens is 1. The number of hydrogen-bond acceptors (Lipinski definition) is 5. The van der Waals surface area contributed by atoms with E-state index in [2.05, 4.69) is 55.8 Å². The molecule has 5 nitrogen and oxygen atoms in total. The van der Waals surface area contributed by atoms with Gasteiger partial charge in [-0.2, -0.15) is 5.10 Å². The van der Waals surface area contributed by atoms with E-state index in [-0.39, 0.29) is 0 Å². The lowest BCUT2D eigenvalue weighted by atomic mass is 10.1. The van der Waals surface area contributed by atoms with Gasteiger partial charge >= 0.3 is 0 Å². The van der Waals surface area contributed by atoms with Crippen molar-refractivity contribution in [1.29, 1.82) is 0 Å². The zero-order chi connectivity index (χ0) is 18.2. The average Bonchev–Trinajstić information content (AvgIpc) is 3.41. The van der Waals surface area contributed by atoms with E-state index in [1.807, 2.05) is 18.2 Å². The van der Waals surface area contributed by atoms with E-state index in [0.29, 0.717) is 22.0 Å². The highest BCUT2D eigenvalue weighted by Crippen LogP contribution is 2.39. The molecule has 7 heteroatoms. The number of H-pyrrole nitrogens is 1. The minimum absolute atomic E-state index is 0.401. The van der Waals surface area contributed by atoms with Crippen LogP contribution in [0.25, 0.3) is 10.8 Å². The number of hydrogen-bond donors (Lipinski definition) is 2. The fourth-order valence-electron chi connectivity index (χ4n) is 2.97. The molecule has 1 fully saturated rings. The van der Waals surface area contributed by atoms with Crippen molar-refractivity contribution >= 4 is 45.8 Å². The van der Waals surface area contributed by atoms with Crippen molar-refractivity contribution in [2.45, 2.75) is 28.8 Å². The summed E-state index contributed by atoms with van der Waals surface area (Å²) in [5, 5.41) is 14.0. The highest BCUT2D eigenvalue weighted by molar-refractivity contribution is 7.99. The summed E-state index contributed by atoms with van der Waals surface area (Å²) in [5.41, 5.74) is 1.10. The number of fused-ring (bicyclic) bond motifs is 1. The number of rotatable bonds is 5. The van der Waals surface area contributed by atoms with E-state index in [9.17, 15) is 0 Å². The van der Waals surface area contributed by atoms with Gasteiger partial charge in [0.2, 0.25) is 0 Å². The van der Waals surface area contributed by atoms with Gasteiger partial charge in [-0.05, 0) is 47.5 Å². The Morgan fingerprint density at radius 2 is 1.85 bits per heavy atom. The van der Waals surface area contributed by atoms with Gasteiger partial charge in [0, 0.05) is 22.9 Å². The van der Waals surface area contributed by atoms with Crippen LogP contribution >= 0.6 is 23.4 Å². The molecule has 1 saturated carbocycles. The number of benzene rings is 2. The Morgan fingerprint density at radius 1 is 1.00 bits per heavy atom. The second-order valence-electron chi connectivity index (χ2n) is 6.58. The smallest absolute Gasteiger partial charge is 0.195 e. The molecule has 0 saturated heterocycles. The number of anilines is 2. The predicted molar refractivity (Wildman–Crippen MR) is 109 cm³/mol. The molecular weight excluding hydrogens is 378 g/mol. The molecule has 2 aromatic heterocycles. The minimum Gasteiger partial charge on any atom is -0.325 e. The van der Waals surface area contributed by atoms with Crippen LogP contribution in [0.15, 0.2) is 64.6 Å². The second-order valence-corrected chi connectivity index (χ2v) is 8.00. The third-order valence-electron chi connectivity index (χ3n) is 4.46. The lowest BCUT2D eigenvalue weighted by Gasteiger charge is -2.07. The fourth-order valence-corrected chi connectivity index (χ4v) is 4.02. The summed E-state index contributed by atoms with van der Waals surface area (Å²) in [6.07, 6.45) is 2.44. The third-order valence-corrected chi connectivity index (χ3v) is 5.51. The first-order valence-corrected chi connectivity index (χ1v) is 9.96. The van der Waals surface area contributed by atoms with Crippen molar-refractivity contribution in [2.24, 2.45) is 0 Å². The molecule has 0 bridgehead atoms. The molecule has 0 atom stereocenters. The van der Waals surface area contributed by atoms with E-state index in [0.717, 1.165) is 16.4 Å². The Bertz CT molecular complexity index is 1120. The zero-order valence-corrected chi connectivity index (χ0v) is 15.9. The summed E-state index contributed by atoms with van der Waals surface area (Å²) >= 11 is 7.70. The van der Waals surface area contributed by atoms with Crippen LogP contribution in [0.4, 0.5) is 11.6 Å². The molecule has 4 aromatic rings. The molecule has 2 N–H and O–H groups in total. The first-order chi connectivity index (χ1) is 13.2. The number of nitrogens with zero attached hydrogens (tertiary/aromatic N) is 3. The van der Waals surface area contributed by atoms with Crippen LogP contribution in [0.2, 0.25) is 5.15 Å². The SMILES string of the molecule is Clc1cc(Nc2cc(C3CC3)n[nH]2)nc(Sc2ccc3ccccc3c2)n1. The maximum atomic E-state index is 6.21. The zero-order valence-electron chi connectivity index (χ0n) is 14.3. The van der Waals surface area contributed by atoms with Crippen LogP contribution in [0.5, 0.6) is 0 Å². The molecule has 134 valence electrons. The van der Waals surface area contributed by atoms with Gasteiger partial charge in [0.1, 0.15) is 16.8 Å². The average molecular weight is 394 g/mol. The van der Waals surface area contributed by atoms with Gasteiger partial charge in [0.15, 0.2) is 5.16 Å². The van der Waals surface area contributed by atoms with Gasteiger partial charge in [-0.1, -0.05) is 41.9 Å². The first-order valence-electron chi connectivity index (χ1n) is 8.76. The predicted octanol–water partition coefficient (Wildman–Crippen LogP) is 5.78. The maximum absolute atomic E-state index is 6.21. The van der Waals surface area contributed by atoms with E-state index in [4.69, 9.17) is 11.6 Å². The number of nitrogens with one attached hydrogen (secondary N) is 2. The Labute approximate surface area is 165 Å². The summed E-state index contributed by atoms with van der Waals surface area (Å²) in [6.45, 7) is 0. The third kappa shape index (κ3) is 3.77. The van der Waals surface area contributed by atoms with Gasteiger partial charge in [0.25, 0.3) is 0 Å². The molecule has 1 aliphatic carbocycles. The number of aromatic nitrogens is 4. The summed E-state index contributed by atoms with van der Waals surface area (Å²) in [5.74, 6) is 2.06. The summed E-state index contributed by atoms with van der Waals surface area (Å²) in [4.78, 5) is 10.00. The van der Waals surface area contributed by atoms with Crippen molar-refractivity contribution < 1.29 is 0 Å². The quantitative estimate of drug-likeness (QED) is 0.332. The molecule has 1 aliphatic rings. The molecule has 0 radical (unpaired) electrons. The van der Waals surface area contributed by atoms with Gasteiger partial charge in [0.05, 0.1) is 5.69 Å². The lowest BCUT2D eigenvalue weighted by molar-refractivity contribution is 0.958. The van der Waals surface area contributed by atoms with Crippen molar-refractivity contribution in [3.8, 4) is 0 Å². The molecule has 0 spiro atoms. The van der Waals surface area contributed by atoms with Gasteiger partial charge in [-0.15, -0.1) is 0 Å². The van der Waals surface area contributed by atoms with Crippen LogP contribution in [-0.4, -0.2) is 20.2 Å². The largest absolute Gasteiger partial charge is 0.325 e. The van der Waals surface area contributed by atoms with Crippen LogP contribution < -0.4 is 5.32 Å². The van der Waals surface area contributed by atoms with E-state index in [1.165, 1.54) is 35.4 Å². The van der Waals surface area contributed by atoms with Crippen molar-refractivity contribution in [2.75, 3.05) is 5.32 Å². The Balaban J connectivity index is 1.38. The summed E-state index contributed by atoms with van der Waals surface area (Å²) in [7, 11) is 0. The van der Waals surface area contributed by atoms with Gasteiger partial charge in [-0.3, -0.25) is 5.10 Å². The second kappa shape index (κ2) is 6.87. The topological polar surface area (TPSA) is 66.5 Å². The summed E-state index contributed by atoms with van der Waals surface area (Å²) < 4.78 is 0. The molecule has 0 amide bonds. The van der Waals surface area contributed by atoms with E-state index >= 15 is 0 Å². The molecule has 2 aromatic carbocycles. The highest BCUT2D eigenvalue weighted by atomic mass is 35.5. The molecule has 0 unspecified atom stereocenters. The maximum Gasteiger partial charge on any atom is 0.195 e. The number of aromatic amines is 1. The first kappa shape index (κ1) is 16.6. The van der Waals surface area contributed by atoms with Crippen molar-refractivity contribution in [3.63, 3.8) is 0 Å². The Morgan fingerprint density at radius 3 is 2.70 bits per heavy atom. The van der Waals surface area contributed by atoms with Gasteiger partial charge in [-0.25, -0.2) is 9.97 Å². The standard InChI is InChI=1S/C20H16ClN5S/c21-17-11-18(23-19-10-16(25-26-19)13-5-6-13)24-20(22-17)27-15-8-7-12-3-1-2-4-14(12)9-15/h1-4,7-11,13H,5-6H2,(H2,22,23,24,25,26). The molecule has 0 aliphatic heterocycles. The Hall–Kier alpha value is -2.57. The van der Waals surface area contributed by atoms with E-state index < -0.39 is 0 Å². The lowest BCUT2D eigenvalue weighted by Crippen LogP contribution is -1.97. The minimum atomic E-state index is 0.401. The van der Waals surface area contributed by atoms with Crippen molar-refractivity contribution in [1.82, 2.24) is 20.2 Å². The molecule has 5 rings (SSSR count). The summed E-state index contributed by atoms with van der Waals surface area (Å²) in [6, 6.07) is 18.3. The molecular formula is C20H16ClN5S. The van der Waals surface area contributed by atoms with E-state index in [1.54, 1.807) is 6.07 Å². The van der Waals surface area contributed by atoms with Crippen molar-refractivity contribution in [3.05, 3.63) is 65.4 Å². The highest BCUT2D eigenvalue weighted by Gasteiger charge is 2.26. The van der Waals surface area contributed by atoms with Gasteiger partial charge < -0.3 is 5.32 Å². The molecule has 2 heterocycles. The molecule has 27 heavy (non-hydrogen) atoms. The Kier molecular flexibility index (Phi) is 4.22.